The molecule has 0 fully saturated rings. The molecule has 0 saturated carbocycles. The van der Waals surface area contributed by atoms with Crippen molar-refractivity contribution in [3.63, 3.8) is 0 Å². The molecule has 0 bridgehead atoms. The third-order valence-corrected chi connectivity index (χ3v) is 5.77. The van der Waals surface area contributed by atoms with Crippen LogP contribution in [-0.4, -0.2) is 82.8 Å². The Morgan fingerprint density at radius 3 is 1.52 bits per heavy atom. The van der Waals surface area contributed by atoms with E-state index in [2.05, 4.69) is 19.6 Å². The molecule has 29 heavy (non-hydrogen) atoms. The molecule has 1 rings (SSSR count). The maximum absolute atomic E-state index is 11.9. The molecule has 1 aromatic rings. The van der Waals surface area contributed by atoms with Crippen molar-refractivity contribution >= 4 is 18.4 Å². The third-order valence-electron chi connectivity index (χ3n) is 3.38. The minimum absolute atomic E-state index is 0.0384. The van der Waals surface area contributed by atoms with Gasteiger partial charge in [0.05, 0.1) is 71.0 Å². The van der Waals surface area contributed by atoms with Crippen LogP contribution < -0.4 is 0 Å². The Bertz CT molecular complexity index is 619. The van der Waals surface area contributed by atoms with Gasteiger partial charge in [0, 0.05) is 0 Å². The fourth-order valence-corrected chi connectivity index (χ4v) is 3.64. The second kappa shape index (κ2) is 15.0. The normalized spacial score (nSPS) is 12.4. The summed E-state index contributed by atoms with van der Waals surface area (Å²) in [6, 6.07) is 8.01. The second-order valence-electron chi connectivity index (χ2n) is 7.00. The van der Waals surface area contributed by atoms with Gasteiger partial charge >= 0.3 is 0 Å². The van der Waals surface area contributed by atoms with E-state index >= 15 is 0 Å². The first-order valence-corrected chi connectivity index (χ1v) is 14.5. The maximum atomic E-state index is 11.9. The van der Waals surface area contributed by atoms with Gasteiger partial charge in [-0.2, -0.15) is 8.42 Å². The van der Waals surface area contributed by atoms with Crippen molar-refractivity contribution in [1.29, 1.82) is 0 Å². The molecule has 0 spiro atoms. The highest BCUT2D eigenvalue weighted by Crippen LogP contribution is 2.10. The molecule has 0 atom stereocenters. The summed E-state index contributed by atoms with van der Waals surface area (Å²) >= 11 is 0. The summed E-state index contributed by atoms with van der Waals surface area (Å²) < 4.78 is 55.8. The number of benzene rings is 1. The third kappa shape index (κ3) is 14.7. The predicted octanol–water partition coefficient (Wildman–Crippen LogP) is 2.31. The summed E-state index contributed by atoms with van der Waals surface area (Å²) in [6.45, 7) is 10.5. The molecule has 0 aliphatic heterocycles. The Hall–Kier alpha value is -0.853. The minimum atomic E-state index is -3.73. The largest absolute Gasteiger partial charge is 0.415 e. The van der Waals surface area contributed by atoms with Crippen molar-refractivity contribution in [2.24, 2.45) is 0 Å². The zero-order chi connectivity index (χ0) is 21.4. The molecule has 0 N–H and O–H groups in total. The van der Waals surface area contributed by atoms with Gasteiger partial charge in [-0.25, -0.2) is 0 Å². The van der Waals surface area contributed by atoms with Crippen molar-refractivity contribution in [3.05, 3.63) is 30.3 Å². The van der Waals surface area contributed by atoms with E-state index in [0.717, 1.165) is 0 Å². The van der Waals surface area contributed by atoms with Crippen LogP contribution in [0.1, 0.15) is 0 Å². The van der Waals surface area contributed by atoms with Crippen LogP contribution in [0, 0.1) is 0 Å². The van der Waals surface area contributed by atoms with Gasteiger partial charge in [0.1, 0.15) is 0 Å². The van der Waals surface area contributed by atoms with Crippen molar-refractivity contribution in [2.75, 3.05) is 66.1 Å². The Morgan fingerprint density at radius 2 is 1.07 bits per heavy atom. The van der Waals surface area contributed by atoms with E-state index in [4.69, 9.17) is 27.6 Å². The van der Waals surface area contributed by atoms with Gasteiger partial charge in [0.15, 0.2) is 8.32 Å². The predicted molar refractivity (Wildman–Crippen MR) is 112 cm³/mol. The minimum Gasteiger partial charge on any atom is -0.415 e. The Kier molecular flexibility index (Phi) is 13.6. The molecule has 0 radical (unpaired) electrons. The highest BCUT2D eigenvalue weighted by atomic mass is 32.2. The number of ether oxygens (including phenoxy) is 4. The van der Waals surface area contributed by atoms with Gasteiger partial charge in [-0.3, -0.25) is 4.18 Å². The average molecular weight is 451 g/mol. The van der Waals surface area contributed by atoms with Gasteiger partial charge in [0.2, 0.25) is 0 Å². The van der Waals surface area contributed by atoms with E-state index in [1.807, 2.05) is 0 Å². The van der Waals surface area contributed by atoms with E-state index in [-0.39, 0.29) is 18.1 Å². The lowest BCUT2D eigenvalue weighted by Crippen LogP contribution is -2.27. The lowest BCUT2D eigenvalue weighted by Gasteiger charge is -2.16. The van der Waals surface area contributed by atoms with Gasteiger partial charge < -0.3 is 23.4 Å². The molecule has 0 unspecified atom stereocenters. The highest BCUT2D eigenvalue weighted by Gasteiger charge is 2.14. The molecule has 0 aliphatic carbocycles. The fourth-order valence-electron chi connectivity index (χ4n) is 2.03. The standard InChI is InChI=1S/C19H34O8SSi/c1-29(2,3)27-18-16-25-14-12-23-10-9-22-11-13-24-15-17-26-28(20,21)19-7-5-4-6-8-19/h4-8H,9-18H2,1-3H3. The molecule has 0 amide bonds. The lowest BCUT2D eigenvalue weighted by atomic mass is 10.4. The Balaban J connectivity index is 1.84. The van der Waals surface area contributed by atoms with Crippen LogP contribution in [0.3, 0.4) is 0 Å². The molecule has 0 aromatic heterocycles. The van der Waals surface area contributed by atoms with Crippen molar-refractivity contribution < 1.29 is 36.0 Å². The molecule has 168 valence electrons. The molecule has 10 heteroatoms. The summed E-state index contributed by atoms with van der Waals surface area (Å²) in [5, 5.41) is 0. The van der Waals surface area contributed by atoms with Gasteiger partial charge in [0.25, 0.3) is 10.1 Å². The van der Waals surface area contributed by atoms with E-state index in [1.54, 1.807) is 18.2 Å². The van der Waals surface area contributed by atoms with Crippen molar-refractivity contribution in [2.45, 2.75) is 24.5 Å². The van der Waals surface area contributed by atoms with Crippen LogP contribution in [0.5, 0.6) is 0 Å². The molecular formula is C19H34O8SSi. The second-order valence-corrected chi connectivity index (χ2v) is 13.1. The van der Waals surface area contributed by atoms with Crippen LogP contribution in [0.25, 0.3) is 0 Å². The van der Waals surface area contributed by atoms with Crippen molar-refractivity contribution in [1.82, 2.24) is 0 Å². The van der Waals surface area contributed by atoms with Gasteiger partial charge in [-0.1, -0.05) is 18.2 Å². The molecule has 0 aliphatic rings. The van der Waals surface area contributed by atoms with Crippen LogP contribution in [0.2, 0.25) is 19.6 Å². The fraction of sp³-hybridized carbons (Fsp3) is 0.684. The first-order valence-electron chi connectivity index (χ1n) is 9.71. The Labute approximate surface area is 175 Å². The SMILES string of the molecule is C[Si](C)(C)OCCOCCOCCOCCOCCOS(=O)(=O)c1ccccc1. The smallest absolute Gasteiger partial charge is 0.297 e. The van der Waals surface area contributed by atoms with E-state index in [9.17, 15) is 8.42 Å². The summed E-state index contributed by atoms with van der Waals surface area (Å²) in [4.78, 5) is 0.133. The van der Waals surface area contributed by atoms with Gasteiger partial charge in [-0.15, -0.1) is 0 Å². The van der Waals surface area contributed by atoms with Crippen LogP contribution >= 0.6 is 0 Å². The molecule has 1 aromatic carbocycles. The van der Waals surface area contributed by atoms with Crippen LogP contribution in [0.15, 0.2) is 35.2 Å². The first-order chi connectivity index (χ1) is 13.8. The number of rotatable bonds is 18. The Morgan fingerprint density at radius 1 is 0.655 bits per heavy atom. The topological polar surface area (TPSA) is 89.5 Å². The number of hydrogen-bond donors (Lipinski definition) is 0. The van der Waals surface area contributed by atoms with Gasteiger partial charge in [-0.05, 0) is 31.8 Å². The summed E-state index contributed by atoms with van der Waals surface area (Å²) in [5.41, 5.74) is 0. The van der Waals surface area contributed by atoms with Crippen molar-refractivity contribution in [3.8, 4) is 0 Å². The quantitative estimate of drug-likeness (QED) is 0.191. The molecular weight excluding hydrogens is 416 g/mol. The van der Waals surface area contributed by atoms with E-state index in [1.165, 1.54) is 12.1 Å². The van der Waals surface area contributed by atoms with E-state index < -0.39 is 18.4 Å². The zero-order valence-electron chi connectivity index (χ0n) is 17.6. The number of hydrogen-bond acceptors (Lipinski definition) is 8. The van der Waals surface area contributed by atoms with Crippen LogP contribution in [0.4, 0.5) is 0 Å². The highest BCUT2D eigenvalue weighted by molar-refractivity contribution is 7.86. The molecule has 8 nitrogen and oxygen atoms in total. The lowest BCUT2D eigenvalue weighted by molar-refractivity contribution is -0.00704. The summed E-state index contributed by atoms with van der Waals surface area (Å²) in [6.07, 6.45) is 0. The summed E-state index contributed by atoms with van der Waals surface area (Å²) in [5.74, 6) is 0. The zero-order valence-corrected chi connectivity index (χ0v) is 19.4. The monoisotopic (exact) mass is 450 g/mol. The molecule has 0 heterocycles. The van der Waals surface area contributed by atoms with E-state index in [0.29, 0.717) is 52.9 Å². The molecule has 0 saturated heterocycles. The average Bonchev–Trinajstić information content (AvgIpc) is 2.67. The van der Waals surface area contributed by atoms with Crippen LogP contribution in [-0.2, 0) is 37.7 Å². The summed E-state index contributed by atoms with van der Waals surface area (Å²) in [7, 11) is -5.18. The first kappa shape index (κ1) is 26.2. The maximum Gasteiger partial charge on any atom is 0.297 e.